The van der Waals surface area contributed by atoms with Gasteiger partial charge >= 0.3 is 5.69 Å². The van der Waals surface area contributed by atoms with Gasteiger partial charge in [0.2, 0.25) is 0 Å². The van der Waals surface area contributed by atoms with Crippen LogP contribution in [0.4, 0.5) is 0 Å². The molecule has 0 amide bonds. The predicted molar refractivity (Wildman–Crippen MR) is 70.1 cm³/mol. The Morgan fingerprint density at radius 2 is 2.05 bits per heavy atom. The SMILES string of the molecule is CCCn1ncnc1Cn1c(=O)ccn(CC)c1=O. The van der Waals surface area contributed by atoms with Crippen LogP contribution >= 0.6 is 0 Å². The summed E-state index contributed by atoms with van der Waals surface area (Å²) in [7, 11) is 0. The molecule has 2 aromatic rings. The van der Waals surface area contributed by atoms with Crippen LogP contribution in [0, 0.1) is 0 Å². The Labute approximate surface area is 110 Å². The second-order valence-corrected chi connectivity index (χ2v) is 4.21. The molecule has 7 nitrogen and oxygen atoms in total. The topological polar surface area (TPSA) is 74.7 Å². The van der Waals surface area contributed by atoms with Gasteiger partial charge in [0.25, 0.3) is 5.56 Å². The molecule has 0 spiro atoms. The van der Waals surface area contributed by atoms with Crippen LogP contribution in [-0.4, -0.2) is 23.9 Å². The summed E-state index contributed by atoms with van der Waals surface area (Å²) < 4.78 is 4.39. The van der Waals surface area contributed by atoms with Crippen molar-refractivity contribution in [2.75, 3.05) is 0 Å². The lowest BCUT2D eigenvalue weighted by Crippen LogP contribution is -2.39. The Morgan fingerprint density at radius 1 is 1.26 bits per heavy atom. The van der Waals surface area contributed by atoms with Gasteiger partial charge in [0, 0.05) is 25.4 Å². The maximum atomic E-state index is 12.1. The third kappa shape index (κ3) is 2.64. The Bertz CT molecular complexity index is 667. The molecule has 102 valence electrons. The number of hydrogen-bond donors (Lipinski definition) is 0. The van der Waals surface area contributed by atoms with Gasteiger partial charge in [0.05, 0.1) is 6.54 Å². The monoisotopic (exact) mass is 263 g/mol. The first-order valence-electron chi connectivity index (χ1n) is 6.34. The van der Waals surface area contributed by atoms with Crippen LogP contribution in [0.25, 0.3) is 0 Å². The van der Waals surface area contributed by atoms with Crippen LogP contribution in [0.1, 0.15) is 26.1 Å². The van der Waals surface area contributed by atoms with E-state index >= 15 is 0 Å². The lowest BCUT2D eigenvalue weighted by Gasteiger charge is -2.08. The summed E-state index contributed by atoms with van der Waals surface area (Å²) in [6, 6.07) is 1.39. The molecule has 0 saturated carbocycles. The minimum absolute atomic E-state index is 0.151. The summed E-state index contributed by atoms with van der Waals surface area (Å²) in [5, 5.41) is 4.09. The number of aromatic nitrogens is 5. The molecule has 0 radical (unpaired) electrons. The highest BCUT2D eigenvalue weighted by atomic mass is 16.2. The van der Waals surface area contributed by atoms with Gasteiger partial charge in [-0.05, 0) is 13.3 Å². The summed E-state index contributed by atoms with van der Waals surface area (Å²) in [5.74, 6) is 0.620. The van der Waals surface area contributed by atoms with Crippen molar-refractivity contribution in [1.29, 1.82) is 0 Å². The fraction of sp³-hybridized carbons (Fsp3) is 0.500. The predicted octanol–water partition coefficient (Wildman–Crippen LogP) is 0.0797. The molecule has 0 bridgehead atoms. The second-order valence-electron chi connectivity index (χ2n) is 4.21. The van der Waals surface area contributed by atoms with Crippen LogP contribution < -0.4 is 11.2 Å². The molecule has 2 rings (SSSR count). The molecule has 0 aliphatic heterocycles. The van der Waals surface area contributed by atoms with E-state index in [1.807, 2.05) is 13.8 Å². The van der Waals surface area contributed by atoms with Crippen molar-refractivity contribution in [1.82, 2.24) is 23.9 Å². The molecule has 0 unspecified atom stereocenters. The van der Waals surface area contributed by atoms with Crippen molar-refractivity contribution in [3.05, 3.63) is 45.3 Å². The van der Waals surface area contributed by atoms with Crippen LogP contribution in [0.5, 0.6) is 0 Å². The molecule has 0 N–H and O–H groups in total. The van der Waals surface area contributed by atoms with Crippen molar-refractivity contribution in [3.63, 3.8) is 0 Å². The van der Waals surface area contributed by atoms with Gasteiger partial charge in [-0.2, -0.15) is 5.10 Å². The summed E-state index contributed by atoms with van der Waals surface area (Å²) in [6.07, 6.45) is 3.87. The first kappa shape index (κ1) is 13.3. The number of rotatable bonds is 5. The molecule has 2 aromatic heterocycles. The van der Waals surface area contributed by atoms with Crippen LogP contribution in [0.3, 0.4) is 0 Å². The van der Waals surface area contributed by atoms with Gasteiger partial charge < -0.3 is 4.57 Å². The van der Waals surface area contributed by atoms with E-state index in [0.717, 1.165) is 13.0 Å². The Morgan fingerprint density at radius 3 is 2.74 bits per heavy atom. The number of aryl methyl sites for hydroxylation is 2. The van der Waals surface area contributed by atoms with Crippen molar-refractivity contribution in [3.8, 4) is 0 Å². The third-order valence-electron chi connectivity index (χ3n) is 2.91. The third-order valence-corrected chi connectivity index (χ3v) is 2.91. The summed E-state index contributed by atoms with van der Waals surface area (Å²) in [4.78, 5) is 28.0. The zero-order valence-corrected chi connectivity index (χ0v) is 11.1. The molecule has 0 fully saturated rings. The number of nitrogens with zero attached hydrogens (tertiary/aromatic N) is 5. The summed E-state index contributed by atoms with van der Waals surface area (Å²) >= 11 is 0. The smallest absolute Gasteiger partial charge is 0.301 e. The van der Waals surface area contributed by atoms with Crippen molar-refractivity contribution < 1.29 is 0 Å². The van der Waals surface area contributed by atoms with Crippen molar-refractivity contribution >= 4 is 0 Å². The van der Waals surface area contributed by atoms with E-state index < -0.39 is 0 Å². The highest BCUT2D eigenvalue weighted by Gasteiger charge is 2.09. The maximum absolute atomic E-state index is 12.1. The Kier molecular flexibility index (Phi) is 3.94. The maximum Gasteiger partial charge on any atom is 0.331 e. The summed E-state index contributed by atoms with van der Waals surface area (Å²) in [6.45, 7) is 5.29. The van der Waals surface area contributed by atoms with Crippen LogP contribution in [0.15, 0.2) is 28.2 Å². The van der Waals surface area contributed by atoms with E-state index in [-0.39, 0.29) is 17.8 Å². The van der Waals surface area contributed by atoms with Crippen LogP contribution in [0.2, 0.25) is 0 Å². The van der Waals surface area contributed by atoms with E-state index in [0.29, 0.717) is 12.4 Å². The Hall–Kier alpha value is -2.18. The molecular weight excluding hydrogens is 246 g/mol. The average Bonchev–Trinajstić information content (AvgIpc) is 2.82. The highest BCUT2D eigenvalue weighted by Crippen LogP contribution is 1.97. The summed E-state index contributed by atoms with van der Waals surface area (Å²) in [5.41, 5.74) is -0.637. The van der Waals surface area contributed by atoms with Crippen molar-refractivity contribution in [2.45, 2.75) is 39.9 Å². The molecular formula is C12H17N5O2. The fourth-order valence-electron chi connectivity index (χ4n) is 1.89. The average molecular weight is 263 g/mol. The molecule has 19 heavy (non-hydrogen) atoms. The lowest BCUT2D eigenvalue weighted by molar-refractivity contribution is 0.528. The second kappa shape index (κ2) is 5.64. The standard InChI is InChI=1S/C12H17N5O2/c1-3-6-17-10(13-9-14-17)8-16-11(18)5-7-15(4-2)12(16)19/h5,7,9H,3-4,6,8H2,1-2H3. The molecule has 0 aliphatic rings. The molecule has 0 saturated heterocycles. The lowest BCUT2D eigenvalue weighted by atomic mass is 10.4. The zero-order valence-electron chi connectivity index (χ0n) is 11.1. The van der Waals surface area contributed by atoms with E-state index in [1.54, 1.807) is 4.68 Å². The van der Waals surface area contributed by atoms with Gasteiger partial charge in [-0.25, -0.2) is 14.5 Å². The minimum atomic E-state index is -0.319. The largest absolute Gasteiger partial charge is 0.331 e. The molecule has 0 atom stereocenters. The molecule has 7 heteroatoms. The van der Waals surface area contributed by atoms with E-state index in [9.17, 15) is 9.59 Å². The van der Waals surface area contributed by atoms with Gasteiger partial charge in [-0.15, -0.1) is 0 Å². The zero-order chi connectivity index (χ0) is 13.8. The molecule has 0 aromatic carbocycles. The molecule has 2 heterocycles. The normalized spacial score (nSPS) is 10.8. The van der Waals surface area contributed by atoms with Gasteiger partial charge in [0.1, 0.15) is 12.2 Å². The fourth-order valence-corrected chi connectivity index (χ4v) is 1.89. The number of hydrogen-bond acceptors (Lipinski definition) is 4. The van der Waals surface area contributed by atoms with Gasteiger partial charge in [-0.3, -0.25) is 9.36 Å². The highest BCUT2D eigenvalue weighted by molar-refractivity contribution is 4.92. The first-order chi connectivity index (χ1) is 9.17. The minimum Gasteiger partial charge on any atom is -0.301 e. The Balaban J connectivity index is 2.41. The quantitative estimate of drug-likeness (QED) is 0.765. The first-order valence-corrected chi connectivity index (χ1v) is 6.34. The van der Waals surface area contributed by atoms with Gasteiger partial charge in [-0.1, -0.05) is 6.92 Å². The van der Waals surface area contributed by atoms with E-state index in [1.165, 1.54) is 27.7 Å². The van der Waals surface area contributed by atoms with Crippen LogP contribution in [-0.2, 0) is 19.6 Å². The van der Waals surface area contributed by atoms with E-state index in [4.69, 9.17) is 0 Å². The molecule has 0 aliphatic carbocycles. The van der Waals surface area contributed by atoms with Crippen molar-refractivity contribution in [2.24, 2.45) is 0 Å². The van der Waals surface area contributed by atoms with E-state index in [2.05, 4.69) is 10.1 Å². The van der Waals surface area contributed by atoms with Gasteiger partial charge in [0.15, 0.2) is 0 Å².